The highest BCUT2D eigenvalue weighted by Gasteiger charge is 2.17. The molecule has 1 N–H and O–H groups in total. The number of rotatable bonds is 5. The summed E-state index contributed by atoms with van der Waals surface area (Å²) < 4.78 is 10.9. The predicted octanol–water partition coefficient (Wildman–Crippen LogP) is 2.50. The fourth-order valence-electron chi connectivity index (χ4n) is 3.77. The molecule has 2 aliphatic heterocycles. The van der Waals surface area contributed by atoms with Crippen molar-refractivity contribution in [3.05, 3.63) is 35.7 Å². The van der Waals surface area contributed by atoms with Crippen LogP contribution in [0.15, 0.2) is 28.8 Å². The first-order chi connectivity index (χ1) is 12.9. The van der Waals surface area contributed by atoms with Gasteiger partial charge < -0.3 is 14.6 Å². The molecule has 0 saturated carbocycles. The molecular weight excluding hydrogens is 328 g/mol. The number of benzene rings is 1. The number of nitrogens with zero attached hydrogens (tertiary/aromatic N) is 3. The zero-order chi connectivity index (χ0) is 17.6. The first kappa shape index (κ1) is 17.6. The largest absolute Gasteiger partial charge is 0.379 e. The molecular formula is C20H28N4O2. The second-order valence-corrected chi connectivity index (χ2v) is 7.35. The van der Waals surface area contributed by atoms with Crippen LogP contribution in [0.1, 0.15) is 30.7 Å². The Kier molecular flexibility index (Phi) is 5.94. The molecule has 2 aromatic rings. The van der Waals surface area contributed by atoms with Crippen molar-refractivity contribution in [3.8, 4) is 11.4 Å². The van der Waals surface area contributed by atoms with Crippen LogP contribution in [0.3, 0.4) is 0 Å². The van der Waals surface area contributed by atoms with Crippen LogP contribution in [-0.2, 0) is 17.7 Å². The maximum absolute atomic E-state index is 5.51. The Morgan fingerprint density at radius 2 is 1.92 bits per heavy atom. The van der Waals surface area contributed by atoms with E-state index in [9.17, 15) is 0 Å². The van der Waals surface area contributed by atoms with Crippen LogP contribution in [0.4, 0.5) is 0 Å². The molecule has 0 spiro atoms. The molecule has 6 nitrogen and oxygen atoms in total. The summed E-state index contributed by atoms with van der Waals surface area (Å²) in [5.41, 5.74) is 2.33. The van der Waals surface area contributed by atoms with Crippen molar-refractivity contribution < 1.29 is 9.26 Å². The summed E-state index contributed by atoms with van der Waals surface area (Å²) in [5.74, 6) is 2.11. The molecule has 4 rings (SSSR count). The first-order valence-electron chi connectivity index (χ1n) is 9.79. The Labute approximate surface area is 154 Å². The lowest BCUT2D eigenvalue weighted by molar-refractivity contribution is 0.0342. The normalized spacial score (nSPS) is 22.2. The van der Waals surface area contributed by atoms with E-state index in [1.54, 1.807) is 0 Å². The molecule has 1 aromatic heterocycles. The molecule has 0 bridgehead atoms. The van der Waals surface area contributed by atoms with Crippen molar-refractivity contribution in [2.45, 2.75) is 32.2 Å². The van der Waals surface area contributed by atoms with Gasteiger partial charge in [0.15, 0.2) is 0 Å². The highest BCUT2D eigenvalue weighted by atomic mass is 16.5. The third kappa shape index (κ3) is 4.69. The average Bonchev–Trinajstić information content (AvgIpc) is 2.99. The summed E-state index contributed by atoms with van der Waals surface area (Å²) >= 11 is 0. The quantitative estimate of drug-likeness (QED) is 0.888. The van der Waals surface area contributed by atoms with E-state index in [2.05, 4.69) is 44.6 Å². The van der Waals surface area contributed by atoms with E-state index in [4.69, 9.17) is 9.26 Å². The monoisotopic (exact) mass is 356 g/mol. The molecule has 3 heterocycles. The van der Waals surface area contributed by atoms with Gasteiger partial charge in [0.2, 0.25) is 11.7 Å². The summed E-state index contributed by atoms with van der Waals surface area (Å²) in [6, 6.07) is 8.52. The van der Waals surface area contributed by atoms with E-state index in [1.165, 1.54) is 24.8 Å². The Morgan fingerprint density at radius 1 is 1.08 bits per heavy atom. The van der Waals surface area contributed by atoms with Gasteiger partial charge in [0, 0.05) is 31.6 Å². The molecule has 140 valence electrons. The topological polar surface area (TPSA) is 63.4 Å². The van der Waals surface area contributed by atoms with Crippen LogP contribution in [0.25, 0.3) is 11.4 Å². The maximum atomic E-state index is 5.51. The molecule has 2 fully saturated rings. The minimum Gasteiger partial charge on any atom is -0.379 e. The smallest absolute Gasteiger partial charge is 0.227 e. The van der Waals surface area contributed by atoms with Crippen LogP contribution in [0.2, 0.25) is 0 Å². The molecule has 1 unspecified atom stereocenters. The number of aromatic nitrogens is 2. The van der Waals surface area contributed by atoms with Gasteiger partial charge in [-0.3, -0.25) is 4.90 Å². The van der Waals surface area contributed by atoms with Crippen LogP contribution in [0, 0.1) is 5.92 Å². The van der Waals surface area contributed by atoms with Gasteiger partial charge in [0.1, 0.15) is 0 Å². The van der Waals surface area contributed by atoms with Crippen molar-refractivity contribution in [1.82, 2.24) is 20.4 Å². The van der Waals surface area contributed by atoms with Crippen LogP contribution < -0.4 is 5.32 Å². The Morgan fingerprint density at radius 3 is 2.77 bits per heavy atom. The molecule has 0 amide bonds. The third-order valence-corrected chi connectivity index (χ3v) is 5.35. The zero-order valence-corrected chi connectivity index (χ0v) is 15.3. The van der Waals surface area contributed by atoms with E-state index in [-0.39, 0.29) is 0 Å². The molecule has 6 heteroatoms. The number of morpholine rings is 1. The van der Waals surface area contributed by atoms with Gasteiger partial charge >= 0.3 is 0 Å². The summed E-state index contributed by atoms with van der Waals surface area (Å²) in [5, 5.41) is 7.64. The number of ether oxygens (including phenoxy) is 1. The van der Waals surface area contributed by atoms with E-state index in [0.29, 0.717) is 11.7 Å². The number of nitrogens with one attached hydrogen (secondary N) is 1. The van der Waals surface area contributed by atoms with Gasteiger partial charge in [-0.2, -0.15) is 4.98 Å². The van der Waals surface area contributed by atoms with E-state index < -0.39 is 0 Å². The minimum absolute atomic E-state index is 0.647. The maximum Gasteiger partial charge on any atom is 0.227 e. The second kappa shape index (κ2) is 8.75. The second-order valence-electron chi connectivity index (χ2n) is 7.35. The van der Waals surface area contributed by atoms with Gasteiger partial charge in [0.25, 0.3) is 0 Å². The van der Waals surface area contributed by atoms with Crippen LogP contribution in [-0.4, -0.2) is 54.4 Å². The van der Waals surface area contributed by atoms with Gasteiger partial charge in [0.05, 0.1) is 13.2 Å². The molecule has 26 heavy (non-hydrogen) atoms. The fourth-order valence-corrected chi connectivity index (χ4v) is 3.77. The minimum atomic E-state index is 0.647. The van der Waals surface area contributed by atoms with E-state index in [1.807, 2.05) is 0 Å². The van der Waals surface area contributed by atoms with Crippen LogP contribution in [0.5, 0.6) is 0 Å². The fraction of sp³-hybridized carbons (Fsp3) is 0.600. The lowest BCUT2D eigenvalue weighted by Crippen LogP contribution is -2.35. The van der Waals surface area contributed by atoms with E-state index in [0.717, 1.165) is 63.8 Å². The van der Waals surface area contributed by atoms with Crippen molar-refractivity contribution >= 4 is 0 Å². The average molecular weight is 356 g/mol. The predicted molar refractivity (Wildman–Crippen MR) is 99.7 cm³/mol. The molecule has 2 saturated heterocycles. The molecule has 0 aliphatic carbocycles. The van der Waals surface area contributed by atoms with Crippen molar-refractivity contribution in [2.24, 2.45) is 5.92 Å². The Hall–Kier alpha value is -1.76. The SMILES string of the molecule is c1cc(-c2noc(CC3CCCNCC3)n2)ccc1CN1CCOCC1. The summed E-state index contributed by atoms with van der Waals surface area (Å²) in [6.45, 7) is 6.87. The molecule has 0 radical (unpaired) electrons. The standard InChI is InChI=1S/C20H28N4O2/c1-2-16(7-9-21-8-1)14-19-22-20(23-26-19)18-5-3-17(4-6-18)15-24-10-12-25-13-11-24/h3-6,16,21H,1-2,7-15H2. The summed E-state index contributed by atoms with van der Waals surface area (Å²) in [6.07, 6.45) is 4.55. The Bertz CT molecular complexity index is 671. The lowest BCUT2D eigenvalue weighted by atomic mass is 9.97. The van der Waals surface area contributed by atoms with E-state index >= 15 is 0 Å². The number of hydrogen-bond donors (Lipinski definition) is 1. The summed E-state index contributed by atoms with van der Waals surface area (Å²) in [7, 11) is 0. The van der Waals surface area contributed by atoms with Gasteiger partial charge in [-0.05, 0) is 43.8 Å². The van der Waals surface area contributed by atoms with Gasteiger partial charge in [-0.25, -0.2) is 0 Å². The number of hydrogen-bond acceptors (Lipinski definition) is 6. The van der Waals surface area contributed by atoms with Crippen LogP contribution >= 0.6 is 0 Å². The molecule has 1 aromatic carbocycles. The molecule has 1 atom stereocenters. The summed E-state index contributed by atoms with van der Waals surface area (Å²) in [4.78, 5) is 7.05. The lowest BCUT2D eigenvalue weighted by Gasteiger charge is -2.26. The van der Waals surface area contributed by atoms with Gasteiger partial charge in [-0.15, -0.1) is 0 Å². The van der Waals surface area contributed by atoms with Crippen molar-refractivity contribution in [1.29, 1.82) is 0 Å². The third-order valence-electron chi connectivity index (χ3n) is 5.35. The van der Waals surface area contributed by atoms with Crippen molar-refractivity contribution in [2.75, 3.05) is 39.4 Å². The van der Waals surface area contributed by atoms with Gasteiger partial charge in [-0.1, -0.05) is 29.4 Å². The highest BCUT2D eigenvalue weighted by molar-refractivity contribution is 5.54. The molecule has 2 aliphatic rings. The highest BCUT2D eigenvalue weighted by Crippen LogP contribution is 2.22. The zero-order valence-electron chi connectivity index (χ0n) is 15.3. The first-order valence-corrected chi connectivity index (χ1v) is 9.79. The Balaban J connectivity index is 1.35. The van der Waals surface area contributed by atoms with Crippen molar-refractivity contribution in [3.63, 3.8) is 0 Å².